The molecule has 0 aliphatic heterocycles. The Balaban J connectivity index is 2.31. The molecule has 0 amide bonds. The number of hydrogen-bond donors (Lipinski definition) is 1. The molecule has 0 spiro atoms. The highest BCUT2D eigenvalue weighted by atomic mass is 19.1. The maximum atomic E-state index is 12.8. The molecule has 1 aliphatic carbocycles. The van der Waals surface area contributed by atoms with Crippen LogP contribution in [0.25, 0.3) is 0 Å². The van der Waals surface area contributed by atoms with E-state index in [0.717, 1.165) is 12.0 Å². The highest BCUT2D eigenvalue weighted by Gasteiger charge is 2.02. The number of halogens is 2. The third kappa shape index (κ3) is 4.21. The molecule has 0 saturated heterocycles. The Kier molecular flexibility index (Phi) is 4.36. The second-order valence-electron chi connectivity index (χ2n) is 3.30. The highest BCUT2D eigenvalue weighted by molar-refractivity contribution is 5.26. The Morgan fingerprint density at radius 1 is 1.64 bits per heavy atom. The molecule has 3 heteroatoms. The largest absolute Gasteiger partial charge is 0.363 e. The van der Waals surface area contributed by atoms with Crippen LogP contribution in [0.5, 0.6) is 0 Å². The molecule has 0 heterocycles. The standard InChI is InChI=1S/C11H15F2N/c1-9(12)14-7-3-5-10-4-2-6-11(13)8-10/h3-4,7-9,14H,2,5-6H2,1H3/b7-3+. The van der Waals surface area contributed by atoms with Gasteiger partial charge >= 0.3 is 0 Å². The summed E-state index contributed by atoms with van der Waals surface area (Å²) in [5, 5.41) is 2.51. The number of allylic oxidation sites excluding steroid dienone is 5. The fourth-order valence-corrected chi connectivity index (χ4v) is 1.27. The van der Waals surface area contributed by atoms with Crippen molar-refractivity contribution in [2.24, 2.45) is 0 Å². The van der Waals surface area contributed by atoms with Crippen molar-refractivity contribution in [2.45, 2.75) is 32.5 Å². The van der Waals surface area contributed by atoms with Crippen molar-refractivity contribution in [1.29, 1.82) is 0 Å². The first-order valence-electron chi connectivity index (χ1n) is 4.78. The summed E-state index contributed by atoms with van der Waals surface area (Å²) in [6.07, 6.45) is 7.78. The minimum atomic E-state index is -1.04. The monoisotopic (exact) mass is 199 g/mol. The van der Waals surface area contributed by atoms with Gasteiger partial charge in [-0.05, 0) is 37.6 Å². The van der Waals surface area contributed by atoms with E-state index in [1.54, 1.807) is 18.4 Å². The summed E-state index contributed by atoms with van der Waals surface area (Å²) in [6, 6.07) is 0. The molecule has 1 nitrogen and oxygen atoms in total. The van der Waals surface area contributed by atoms with E-state index in [-0.39, 0.29) is 5.83 Å². The second-order valence-corrected chi connectivity index (χ2v) is 3.30. The molecule has 0 aromatic carbocycles. The zero-order valence-corrected chi connectivity index (χ0v) is 8.26. The molecular weight excluding hydrogens is 184 g/mol. The van der Waals surface area contributed by atoms with Crippen molar-refractivity contribution < 1.29 is 8.78 Å². The van der Waals surface area contributed by atoms with Gasteiger partial charge in [0.1, 0.15) is 5.83 Å². The Morgan fingerprint density at radius 2 is 2.43 bits per heavy atom. The van der Waals surface area contributed by atoms with E-state index < -0.39 is 6.30 Å². The number of hydrogen-bond acceptors (Lipinski definition) is 1. The molecule has 0 saturated carbocycles. The van der Waals surface area contributed by atoms with Gasteiger partial charge in [-0.2, -0.15) is 0 Å². The summed E-state index contributed by atoms with van der Waals surface area (Å²) in [5.41, 5.74) is 0.957. The molecule has 0 aromatic heterocycles. The van der Waals surface area contributed by atoms with Crippen LogP contribution in [-0.4, -0.2) is 6.30 Å². The SMILES string of the molecule is CC(F)N/C=C/CC1=CCCC(F)=C1. The van der Waals surface area contributed by atoms with Crippen LogP contribution >= 0.6 is 0 Å². The van der Waals surface area contributed by atoms with Crippen LogP contribution < -0.4 is 5.32 Å². The maximum Gasteiger partial charge on any atom is 0.166 e. The summed E-state index contributed by atoms with van der Waals surface area (Å²) in [4.78, 5) is 0. The molecule has 1 aliphatic rings. The van der Waals surface area contributed by atoms with Crippen molar-refractivity contribution in [3.63, 3.8) is 0 Å². The van der Waals surface area contributed by atoms with Gasteiger partial charge in [0.15, 0.2) is 6.30 Å². The van der Waals surface area contributed by atoms with Crippen LogP contribution in [0.4, 0.5) is 8.78 Å². The first kappa shape index (κ1) is 11.0. The molecule has 1 atom stereocenters. The molecule has 0 fully saturated rings. The zero-order chi connectivity index (χ0) is 10.4. The molecule has 78 valence electrons. The number of alkyl halides is 1. The van der Waals surface area contributed by atoms with Gasteiger partial charge in [0.2, 0.25) is 0 Å². The second kappa shape index (κ2) is 5.58. The maximum absolute atomic E-state index is 12.8. The Hall–Kier alpha value is -1.12. The van der Waals surface area contributed by atoms with Gasteiger partial charge in [-0.15, -0.1) is 0 Å². The first-order chi connectivity index (χ1) is 6.68. The average Bonchev–Trinajstić information content (AvgIpc) is 2.12. The minimum Gasteiger partial charge on any atom is -0.363 e. The smallest absolute Gasteiger partial charge is 0.166 e. The molecule has 1 N–H and O–H groups in total. The predicted octanol–water partition coefficient (Wildman–Crippen LogP) is 3.37. The fourth-order valence-electron chi connectivity index (χ4n) is 1.27. The normalized spacial score (nSPS) is 19.1. The summed E-state index contributed by atoms with van der Waals surface area (Å²) >= 11 is 0. The molecule has 14 heavy (non-hydrogen) atoms. The van der Waals surface area contributed by atoms with Gasteiger partial charge in [-0.3, -0.25) is 0 Å². The highest BCUT2D eigenvalue weighted by Crippen LogP contribution is 2.20. The molecule has 0 aromatic rings. The van der Waals surface area contributed by atoms with Gasteiger partial charge in [0.25, 0.3) is 0 Å². The fraction of sp³-hybridized carbons (Fsp3) is 0.455. The van der Waals surface area contributed by atoms with Crippen molar-refractivity contribution >= 4 is 0 Å². The Bertz CT molecular complexity index is 264. The summed E-state index contributed by atoms with van der Waals surface area (Å²) in [6.45, 7) is 1.42. The van der Waals surface area contributed by atoms with Gasteiger partial charge < -0.3 is 5.32 Å². The van der Waals surface area contributed by atoms with Crippen LogP contribution in [0.1, 0.15) is 26.2 Å². The van der Waals surface area contributed by atoms with E-state index in [2.05, 4.69) is 5.32 Å². The lowest BCUT2D eigenvalue weighted by molar-refractivity contribution is 0.329. The van der Waals surface area contributed by atoms with Crippen LogP contribution in [0, 0.1) is 0 Å². The zero-order valence-electron chi connectivity index (χ0n) is 8.26. The van der Waals surface area contributed by atoms with Crippen molar-refractivity contribution in [3.8, 4) is 0 Å². The van der Waals surface area contributed by atoms with Gasteiger partial charge in [0.05, 0.1) is 0 Å². The van der Waals surface area contributed by atoms with Gasteiger partial charge in [0, 0.05) is 6.42 Å². The van der Waals surface area contributed by atoms with E-state index in [0.29, 0.717) is 12.8 Å². The van der Waals surface area contributed by atoms with Gasteiger partial charge in [-0.25, -0.2) is 8.78 Å². The average molecular weight is 199 g/mol. The quantitative estimate of drug-likeness (QED) is 0.684. The Morgan fingerprint density at radius 3 is 3.07 bits per heavy atom. The Labute approximate surface area is 83.2 Å². The van der Waals surface area contributed by atoms with Crippen LogP contribution in [-0.2, 0) is 0 Å². The molecule has 1 unspecified atom stereocenters. The summed E-state index contributed by atoms with van der Waals surface area (Å²) in [5.74, 6) is -0.0669. The molecule has 0 bridgehead atoms. The van der Waals surface area contributed by atoms with Crippen molar-refractivity contribution in [3.05, 3.63) is 35.8 Å². The summed E-state index contributed by atoms with van der Waals surface area (Å²) < 4.78 is 25.1. The summed E-state index contributed by atoms with van der Waals surface area (Å²) in [7, 11) is 0. The lowest BCUT2D eigenvalue weighted by atomic mass is 10.0. The van der Waals surface area contributed by atoms with Crippen LogP contribution in [0.2, 0.25) is 0 Å². The lowest BCUT2D eigenvalue weighted by Crippen LogP contribution is -2.13. The van der Waals surface area contributed by atoms with Crippen LogP contribution in [0.15, 0.2) is 35.8 Å². The molecular formula is C11H15F2N. The molecule has 0 radical (unpaired) electrons. The van der Waals surface area contributed by atoms with E-state index in [4.69, 9.17) is 0 Å². The van der Waals surface area contributed by atoms with Crippen LogP contribution in [0.3, 0.4) is 0 Å². The van der Waals surface area contributed by atoms with Gasteiger partial charge in [-0.1, -0.05) is 12.2 Å². The number of nitrogens with one attached hydrogen (secondary N) is 1. The van der Waals surface area contributed by atoms with E-state index >= 15 is 0 Å². The minimum absolute atomic E-state index is 0.0669. The van der Waals surface area contributed by atoms with Crippen molar-refractivity contribution in [2.75, 3.05) is 0 Å². The molecule has 1 rings (SSSR count). The number of rotatable bonds is 4. The third-order valence-electron chi connectivity index (χ3n) is 1.93. The van der Waals surface area contributed by atoms with E-state index in [1.807, 2.05) is 6.08 Å². The van der Waals surface area contributed by atoms with E-state index in [9.17, 15) is 8.78 Å². The van der Waals surface area contributed by atoms with Crippen molar-refractivity contribution in [1.82, 2.24) is 5.32 Å². The predicted molar refractivity (Wildman–Crippen MR) is 54.0 cm³/mol. The third-order valence-corrected chi connectivity index (χ3v) is 1.93. The first-order valence-corrected chi connectivity index (χ1v) is 4.78. The van der Waals surface area contributed by atoms with E-state index in [1.165, 1.54) is 6.92 Å². The lowest BCUT2D eigenvalue weighted by Gasteiger charge is -2.06. The topological polar surface area (TPSA) is 12.0 Å².